The number of benzene rings is 1. The van der Waals surface area contributed by atoms with Crippen LogP contribution < -0.4 is 5.32 Å². The highest BCUT2D eigenvalue weighted by molar-refractivity contribution is 5.92. The van der Waals surface area contributed by atoms with Gasteiger partial charge in [-0.3, -0.25) is 4.79 Å². The molecule has 5 heteroatoms. The first-order valence-electron chi connectivity index (χ1n) is 9.16. The van der Waals surface area contributed by atoms with Gasteiger partial charge in [0.15, 0.2) is 5.76 Å². The van der Waals surface area contributed by atoms with Gasteiger partial charge in [-0.2, -0.15) is 0 Å². The predicted octanol–water partition coefficient (Wildman–Crippen LogP) is 4.36. The Bertz CT molecular complexity index is 736. The molecule has 138 valence electrons. The van der Waals surface area contributed by atoms with Gasteiger partial charge < -0.3 is 14.5 Å². The molecule has 1 unspecified atom stereocenters. The third-order valence-electron chi connectivity index (χ3n) is 5.06. The van der Waals surface area contributed by atoms with E-state index in [1.807, 2.05) is 12.1 Å². The molecule has 1 aromatic carbocycles. The Labute approximate surface area is 153 Å². The van der Waals surface area contributed by atoms with Gasteiger partial charge in [-0.05, 0) is 48.1 Å². The number of unbranched alkanes of at least 4 members (excludes halogenated alkanes) is 1. The average Bonchev–Trinajstić information content (AvgIpc) is 3.21. The van der Waals surface area contributed by atoms with Gasteiger partial charge in [0.2, 0.25) is 0 Å². The summed E-state index contributed by atoms with van der Waals surface area (Å²) in [4.78, 5) is 24.1. The minimum Gasteiger partial charge on any atom is -0.465 e. The van der Waals surface area contributed by atoms with Crippen molar-refractivity contribution >= 4 is 11.9 Å². The Kier molecular flexibility index (Phi) is 5.76. The van der Waals surface area contributed by atoms with Gasteiger partial charge in [-0.1, -0.05) is 38.3 Å². The molecule has 1 saturated carbocycles. The molecule has 1 N–H and O–H groups in total. The second-order valence-corrected chi connectivity index (χ2v) is 6.84. The Hall–Kier alpha value is -2.56. The lowest BCUT2D eigenvalue weighted by Gasteiger charge is -2.19. The highest BCUT2D eigenvalue weighted by Gasteiger charge is 2.43. The molecule has 0 spiro atoms. The highest BCUT2D eigenvalue weighted by atomic mass is 16.5. The van der Waals surface area contributed by atoms with Crippen molar-refractivity contribution in [1.29, 1.82) is 0 Å². The molecular formula is C21H25NO4. The standard InChI is InChI=1S/C21H25NO4/c1-3-4-6-16-13-17(16)19(22-20(23)18-7-5-12-26-18)14-8-10-15(11-9-14)21(24)25-2/h5,7-12,16-17,19H,3-4,6,13H2,1-2H3,(H,22,23)/t16-,17+,19?/m1/s1. The fraction of sp³-hybridized carbons (Fsp3) is 0.429. The van der Waals surface area contributed by atoms with Gasteiger partial charge in [0.05, 0.1) is 25.0 Å². The fourth-order valence-corrected chi connectivity index (χ4v) is 3.48. The number of carbonyl (C=O) groups excluding carboxylic acids is 2. The van der Waals surface area contributed by atoms with Crippen molar-refractivity contribution in [3.05, 3.63) is 59.5 Å². The van der Waals surface area contributed by atoms with Crippen LogP contribution >= 0.6 is 0 Å². The van der Waals surface area contributed by atoms with Crippen LogP contribution in [-0.2, 0) is 4.74 Å². The zero-order chi connectivity index (χ0) is 18.5. The monoisotopic (exact) mass is 355 g/mol. The second-order valence-electron chi connectivity index (χ2n) is 6.84. The number of hydrogen-bond acceptors (Lipinski definition) is 4. The van der Waals surface area contributed by atoms with Crippen molar-refractivity contribution in [3.63, 3.8) is 0 Å². The van der Waals surface area contributed by atoms with Gasteiger partial charge in [-0.15, -0.1) is 0 Å². The van der Waals surface area contributed by atoms with E-state index in [2.05, 4.69) is 12.2 Å². The Balaban J connectivity index is 1.76. The number of carbonyl (C=O) groups is 2. The minimum absolute atomic E-state index is 0.0823. The summed E-state index contributed by atoms with van der Waals surface area (Å²) in [6.45, 7) is 2.19. The summed E-state index contributed by atoms with van der Waals surface area (Å²) in [6, 6.07) is 10.6. The lowest BCUT2D eigenvalue weighted by molar-refractivity contribution is 0.0600. The number of hydrogen-bond donors (Lipinski definition) is 1. The van der Waals surface area contributed by atoms with Crippen LogP contribution in [0.5, 0.6) is 0 Å². The molecule has 1 heterocycles. The summed E-state index contributed by atoms with van der Waals surface area (Å²) < 4.78 is 9.97. The van der Waals surface area contributed by atoms with Gasteiger partial charge in [-0.25, -0.2) is 4.79 Å². The van der Waals surface area contributed by atoms with E-state index in [0.29, 0.717) is 23.2 Å². The molecular weight excluding hydrogens is 330 g/mol. The van der Waals surface area contributed by atoms with Crippen molar-refractivity contribution in [1.82, 2.24) is 5.32 Å². The highest BCUT2D eigenvalue weighted by Crippen LogP contribution is 2.50. The van der Waals surface area contributed by atoms with Crippen LogP contribution in [0, 0.1) is 11.8 Å². The summed E-state index contributed by atoms with van der Waals surface area (Å²) in [5, 5.41) is 3.12. The lowest BCUT2D eigenvalue weighted by atomic mass is 9.98. The molecule has 0 aliphatic heterocycles. The smallest absolute Gasteiger partial charge is 0.337 e. The number of ether oxygens (including phenoxy) is 1. The Morgan fingerprint density at radius 2 is 2.04 bits per heavy atom. The van der Waals surface area contributed by atoms with Gasteiger partial charge >= 0.3 is 5.97 Å². The third kappa shape index (κ3) is 4.15. The van der Waals surface area contributed by atoms with E-state index in [9.17, 15) is 9.59 Å². The molecule has 1 fully saturated rings. The number of methoxy groups -OCH3 is 1. The van der Waals surface area contributed by atoms with Crippen molar-refractivity contribution in [2.24, 2.45) is 11.8 Å². The Morgan fingerprint density at radius 3 is 2.65 bits per heavy atom. The largest absolute Gasteiger partial charge is 0.465 e. The molecule has 3 rings (SSSR count). The van der Waals surface area contributed by atoms with E-state index in [4.69, 9.17) is 9.15 Å². The maximum atomic E-state index is 12.5. The topological polar surface area (TPSA) is 68.5 Å². The van der Waals surface area contributed by atoms with Crippen molar-refractivity contribution in [2.75, 3.05) is 7.11 Å². The first kappa shape index (κ1) is 18.2. The van der Waals surface area contributed by atoms with Crippen LogP contribution in [0.1, 0.15) is 65.1 Å². The quantitative estimate of drug-likeness (QED) is 0.714. The Morgan fingerprint density at radius 1 is 1.27 bits per heavy atom. The maximum absolute atomic E-state index is 12.5. The SMILES string of the molecule is CCCC[C@@H]1C[C@@H]1C(NC(=O)c1ccco1)c1ccc(C(=O)OC)cc1. The number of nitrogens with one attached hydrogen (secondary N) is 1. The van der Waals surface area contributed by atoms with Gasteiger partial charge in [0.1, 0.15) is 0 Å². The summed E-state index contributed by atoms with van der Waals surface area (Å²) in [6.07, 6.45) is 6.19. The van der Waals surface area contributed by atoms with E-state index >= 15 is 0 Å². The van der Waals surface area contributed by atoms with Gasteiger partial charge in [0.25, 0.3) is 5.91 Å². The number of amides is 1. The zero-order valence-corrected chi connectivity index (χ0v) is 15.2. The van der Waals surface area contributed by atoms with Crippen LogP contribution in [0.15, 0.2) is 47.1 Å². The van der Waals surface area contributed by atoms with Crippen molar-refractivity contribution in [2.45, 2.75) is 38.6 Å². The second kappa shape index (κ2) is 8.21. The van der Waals surface area contributed by atoms with Crippen molar-refractivity contribution in [3.8, 4) is 0 Å². The normalized spacial score (nSPS) is 19.6. The van der Waals surface area contributed by atoms with E-state index in [-0.39, 0.29) is 17.9 Å². The molecule has 1 aliphatic rings. The van der Waals surface area contributed by atoms with Crippen LogP contribution in [0.4, 0.5) is 0 Å². The number of esters is 1. The van der Waals surface area contributed by atoms with Crippen LogP contribution in [0.2, 0.25) is 0 Å². The van der Waals surface area contributed by atoms with Crippen LogP contribution in [0.25, 0.3) is 0 Å². The molecule has 2 aromatic rings. The lowest BCUT2D eigenvalue weighted by Crippen LogP contribution is -2.30. The van der Waals surface area contributed by atoms with E-state index < -0.39 is 0 Å². The van der Waals surface area contributed by atoms with E-state index in [1.54, 1.807) is 24.3 Å². The molecule has 0 bridgehead atoms. The van der Waals surface area contributed by atoms with Crippen molar-refractivity contribution < 1.29 is 18.7 Å². The number of rotatable bonds is 8. The van der Waals surface area contributed by atoms with Crippen LogP contribution in [-0.4, -0.2) is 19.0 Å². The predicted molar refractivity (Wildman–Crippen MR) is 97.8 cm³/mol. The maximum Gasteiger partial charge on any atom is 0.337 e. The molecule has 5 nitrogen and oxygen atoms in total. The minimum atomic E-state index is -0.361. The first-order valence-corrected chi connectivity index (χ1v) is 9.16. The summed E-state index contributed by atoms with van der Waals surface area (Å²) >= 11 is 0. The summed E-state index contributed by atoms with van der Waals surface area (Å²) in [5.74, 6) is 0.798. The van der Waals surface area contributed by atoms with Gasteiger partial charge in [0, 0.05) is 0 Å². The molecule has 1 aliphatic carbocycles. The summed E-state index contributed by atoms with van der Waals surface area (Å²) in [5.41, 5.74) is 1.51. The molecule has 0 radical (unpaired) electrons. The third-order valence-corrected chi connectivity index (χ3v) is 5.06. The van der Waals surface area contributed by atoms with E-state index in [0.717, 1.165) is 12.0 Å². The zero-order valence-electron chi connectivity index (χ0n) is 15.2. The molecule has 0 saturated heterocycles. The van der Waals surface area contributed by atoms with E-state index in [1.165, 1.54) is 32.6 Å². The molecule has 1 aromatic heterocycles. The first-order chi connectivity index (χ1) is 12.6. The molecule has 3 atom stereocenters. The summed E-state index contributed by atoms with van der Waals surface area (Å²) in [7, 11) is 1.37. The molecule has 26 heavy (non-hydrogen) atoms. The van der Waals surface area contributed by atoms with Crippen LogP contribution in [0.3, 0.4) is 0 Å². The number of furan rings is 1. The average molecular weight is 355 g/mol. The molecule has 1 amide bonds. The fourth-order valence-electron chi connectivity index (χ4n) is 3.48.